The van der Waals surface area contributed by atoms with Gasteiger partial charge in [0, 0.05) is 18.7 Å². The number of nitrogens with zero attached hydrogens (tertiary/aromatic N) is 1. The number of hydrogen-bond acceptors (Lipinski definition) is 2. The summed E-state index contributed by atoms with van der Waals surface area (Å²) in [6, 6.07) is 4.46. The predicted molar refractivity (Wildman–Crippen MR) is 59.2 cm³/mol. The summed E-state index contributed by atoms with van der Waals surface area (Å²) < 4.78 is 13.4. The van der Waals surface area contributed by atoms with Gasteiger partial charge in [-0.2, -0.15) is 0 Å². The number of benzene rings is 1. The minimum absolute atomic E-state index is 0.0230. The van der Waals surface area contributed by atoms with E-state index in [0.717, 1.165) is 0 Å². The lowest BCUT2D eigenvalue weighted by molar-refractivity contribution is -0.141. The van der Waals surface area contributed by atoms with Crippen LogP contribution < -0.4 is 4.90 Å². The summed E-state index contributed by atoms with van der Waals surface area (Å²) in [6.07, 6.45) is -0.0230. The van der Waals surface area contributed by atoms with Crippen LogP contribution in [0, 0.1) is 18.7 Å². The molecule has 1 fully saturated rings. The smallest absolute Gasteiger partial charge is 0.308 e. The number of aliphatic carboxylic acids is 1. The average Bonchev–Trinajstić information content (AvgIpc) is 2.65. The van der Waals surface area contributed by atoms with Gasteiger partial charge in [-0.05, 0) is 24.6 Å². The number of carbonyl (C=O) groups is 2. The molecule has 4 nitrogen and oxygen atoms in total. The van der Waals surface area contributed by atoms with Crippen LogP contribution in [0.15, 0.2) is 18.2 Å². The van der Waals surface area contributed by atoms with Crippen molar-refractivity contribution < 1.29 is 19.1 Å². The van der Waals surface area contributed by atoms with Crippen LogP contribution in [0.5, 0.6) is 0 Å². The first-order valence-electron chi connectivity index (χ1n) is 5.28. The van der Waals surface area contributed by atoms with Gasteiger partial charge in [0.15, 0.2) is 0 Å². The predicted octanol–water partition coefficient (Wildman–Crippen LogP) is 1.57. The van der Waals surface area contributed by atoms with Crippen LogP contribution in [-0.4, -0.2) is 23.5 Å². The van der Waals surface area contributed by atoms with E-state index in [0.29, 0.717) is 11.3 Å². The Morgan fingerprint density at radius 1 is 1.53 bits per heavy atom. The fourth-order valence-electron chi connectivity index (χ4n) is 1.87. The minimum atomic E-state index is -0.992. The van der Waals surface area contributed by atoms with Crippen LogP contribution in [0.1, 0.15) is 12.0 Å². The largest absolute Gasteiger partial charge is 0.481 e. The summed E-state index contributed by atoms with van der Waals surface area (Å²) in [7, 11) is 0. The van der Waals surface area contributed by atoms with Crippen LogP contribution >= 0.6 is 0 Å². The third-order valence-electron chi connectivity index (χ3n) is 2.94. The number of halogens is 1. The summed E-state index contributed by atoms with van der Waals surface area (Å²) in [5.41, 5.74) is 0.914. The Labute approximate surface area is 97.7 Å². The standard InChI is InChI=1S/C12H12FNO3/c1-7-2-3-9(5-10(7)13)14-6-8(12(16)17)4-11(14)15/h2-3,5,8H,4,6H2,1H3,(H,16,17). The van der Waals surface area contributed by atoms with Crippen LogP contribution in [-0.2, 0) is 9.59 Å². The molecule has 0 aliphatic carbocycles. The van der Waals surface area contributed by atoms with Gasteiger partial charge >= 0.3 is 5.97 Å². The van der Waals surface area contributed by atoms with E-state index in [1.807, 2.05) is 0 Å². The van der Waals surface area contributed by atoms with Crippen molar-refractivity contribution in [2.75, 3.05) is 11.4 Å². The highest BCUT2D eigenvalue weighted by atomic mass is 19.1. The number of amides is 1. The molecular formula is C12H12FNO3. The van der Waals surface area contributed by atoms with Gasteiger partial charge < -0.3 is 10.0 Å². The lowest BCUT2D eigenvalue weighted by Gasteiger charge is -2.16. The van der Waals surface area contributed by atoms with Gasteiger partial charge in [0.2, 0.25) is 5.91 Å². The SMILES string of the molecule is Cc1ccc(N2CC(C(=O)O)CC2=O)cc1F. The average molecular weight is 237 g/mol. The van der Waals surface area contributed by atoms with Crippen LogP contribution in [0.2, 0.25) is 0 Å². The van der Waals surface area contributed by atoms with Gasteiger partial charge in [0.25, 0.3) is 0 Å². The molecule has 1 aliphatic rings. The molecule has 5 heteroatoms. The highest BCUT2D eigenvalue weighted by Gasteiger charge is 2.35. The zero-order valence-electron chi connectivity index (χ0n) is 9.31. The molecule has 0 bridgehead atoms. The molecule has 0 radical (unpaired) electrons. The van der Waals surface area contributed by atoms with Crippen molar-refractivity contribution in [2.24, 2.45) is 5.92 Å². The molecule has 0 spiro atoms. The zero-order chi connectivity index (χ0) is 12.6. The molecular weight excluding hydrogens is 225 g/mol. The second-order valence-electron chi connectivity index (χ2n) is 4.18. The summed E-state index contributed by atoms with van der Waals surface area (Å²) in [5, 5.41) is 8.84. The van der Waals surface area contributed by atoms with E-state index in [1.165, 1.54) is 11.0 Å². The molecule has 0 saturated carbocycles. The molecule has 2 rings (SSSR count). The molecule has 1 aliphatic heterocycles. The van der Waals surface area contributed by atoms with E-state index in [2.05, 4.69) is 0 Å². The van der Waals surface area contributed by atoms with E-state index in [9.17, 15) is 14.0 Å². The summed E-state index contributed by atoms with van der Waals surface area (Å²) in [5.74, 6) is -2.37. The molecule has 1 saturated heterocycles. The molecule has 90 valence electrons. The first kappa shape index (κ1) is 11.6. The molecule has 1 atom stereocenters. The summed E-state index contributed by atoms with van der Waals surface area (Å²) in [6.45, 7) is 1.74. The van der Waals surface area contributed by atoms with E-state index >= 15 is 0 Å². The molecule has 17 heavy (non-hydrogen) atoms. The van der Waals surface area contributed by atoms with Gasteiger partial charge in [0.1, 0.15) is 5.82 Å². The Kier molecular flexibility index (Phi) is 2.83. The lowest BCUT2D eigenvalue weighted by Crippen LogP contribution is -2.25. The zero-order valence-corrected chi connectivity index (χ0v) is 9.31. The van der Waals surface area contributed by atoms with E-state index in [1.54, 1.807) is 19.1 Å². The maximum atomic E-state index is 13.4. The summed E-state index contributed by atoms with van der Waals surface area (Å²) >= 11 is 0. The second kappa shape index (κ2) is 4.16. The van der Waals surface area contributed by atoms with Gasteiger partial charge in [-0.1, -0.05) is 6.07 Å². The van der Waals surface area contributed by atoms with Crippen molar-refractivity contribution in [2.45, 2.75) is 13.3 Å². The van der Waals surface area contributed by atoms with Crippen molar-refractivity contribution in [1.29, 1.82) is 0 Å². The Hall–Kier alpha value is -1.91. The Balaban J connectivity index is 2.26. The molecule has 1 unspecified atom stereocenters. The topological polar surface area (TPSA) is 57.6 Å². The maximum Gasteiger partial charge on any atom is 0.308 e. The normalized spacial score (nSPS) is 19.8. The first-order valence-corrected chi connectivity index (χ1v) is 5.28. The van der Waals surface area contributed by atoms with Crippen molar-refractivity contribution in [3.05, 3.63) is 29.6 Å². The third-order valence-corrected chi connectivity index (χ3v) is 2.94. The summed E-state index contributed by atoms with van der Waals surface area (Å²) in [4.78, 5) is 23.7. The van der Waals surface area contributed by atoms with Gasteiger partial charge in [-0.3, -0.25) is 9.59 Å². The van der Waals surface area contributed by atoms with Crippen molar-refractivity contribution in [3.63, 3.8) is 0 Å². The number of aryl methyl sites for hydroxylation is 1. The van der Waals surface area contributed by atoms with Crippen LogP contribution in [0.25, 0.3) is 0 Å². The Bertz CT molecular complexity index is 487. The van der Waals surface area contributed by atoms with Gasteiger partial charge in [-0.25, -0.2) is 4.39 Å². The number of hydrogen-bond donors (Lipinski definition) is 1. The Morgan fingerprint density at radius 2 is 2.24 bits per heavy atom. The monoisotopic (exact) mass is 237 g/mol. The molecule has 1 amide bonds. The van der Waals surface area contributed by atoms with Crippen LogP contribution in [0.4, 0.5) is 10.1 Å². The molecule has 1 aromatic carbocycles. The van der Waals surface area contributed by atoms with Crippen LogP contribution in [0.3, 0.4) is 0 Å². The fourth-order valence-corrected chi connectivity index (χ4v) is 1.87. The fraction of sp³-hybridized carbons (Fsp3) is 0.333. The van der Waals surface area contributed by atoms with Gasteiger partial charge in [-0.15, -0.1) is 0 Å². The number of carbonyl (C=O) groups excluding carboxylic acids is 1. The minimum Gasteiger partial charge on any atom is -0.481 e. The lowest BCUT2D eigenvalue weighted by atomic mass is 10.1. The molecule has 1 N–H and O–H groups in total. The highest BCUT2D eigenvalue weighted by Crippen LogP contribution is 2.26. The van der Waals surface area contributed by atoms with Crippen molar-refractivity contribution in [1.82, 2.24) is 0 Å². The van der Waals surface area contributed by atoms with E-state index in [-0.39, 0.29) is 18.9 Å². The second-order valence-corrected chi connectivity index (χ2v) is 4.18. The van der Waals surface area contributed by atoms with Crippen molar-refractivity contribution in [3.8, 4) is 0 Å². The number of rotatable bonds is 2. The van der Waals surface area contributed by atoms with E-state index < -0.39 is 17.7 Å². The molecule has 0 aromatic heterocycles. The quantitative estimate of drug-likeness (QED) is 0.849. The number of carboxylic acid groups (broad SMARTS) is 1. The number of anilines is 1. The Morgan fingerprint density at radius 3 is 2.76 bits per heavy atom. The molecule has 1 aromatic rings. The number of carboxylic acids is 1. The third kappa shape index (κ3) is 2.13. The van der Waals surface area contributed by atoms with E-state index in [4.69, 9.17) is 5.11 Å². The van der Waals surface area contributed by atoms with Crippen molar-refractivity contribution >= 4 is 17.6 Å². The highest BCUT2D eigenvalue weighted by molar-refractivity contribution is 5.99. The first-order chi connectivity index (χ1) is 7.99. The van der Waals surface area contributed by atoms with Gasteiger partial charge in [0.05, 0.1) is 5.92 Å². The maximum absolute atomic E-state index is 13.4. The molecule has 1 heterocycles.